The molecule has 1 saturated heterocycles. The number of nitrogens with zero attached hydrogens (tertiary/aromatic N) is 1. The maximum Gasteiger partial charge on any atom is 0.242 e. The van der Waals surface area contributed by atoms with Gasteiger partial charge in [0.2, 0.25) is 11.8 Å². The minimum Gasteiger partial charge on any atom is -0.357 e. The molecule has 1 aliphatic carbocycles. The molecule has 1 heterocycles. The molecule has 1 saturated carbocycles. The van der Waals surface area contributed by atoms with Crippen LogP contribution in [0.3, 0.4) is 0 Å². The van der Waals surface area contributed by atoms with Crippen LogP contribution in [0, 0.1) is 11.8 Å². The lowest BCUT2D eigenvalue weighted by Gasteiger charge is -2.37. The van der Waals surface area contributed by atoms with E-state index in [4.69, 9.17) is 5.73 Å². The Labute approximate surface area is 114 Å². The number of carbonyl (C=O) groups excluding carboxylic acids is 2. The van der Waals surface area contributed by atoms with E-state index in [9.17, 15) is 9.59 Å². The fourth-order valence-corrected chi connectivity index (χ4v) is 3.49. The van der Waals surface area contributed by atoms with E-state index in [1.165, 1.54) is 0 Å². The second kappa shape index (κ2) is 6.37. The van der Waals surface area contributed by atoms with E-state index in [-0.39, 0.29) is 23.8 Å². The van der Waals surface area contributed by atoms with Crippen LogP contribution in [0.4, 0.5) is 0 Å². The summed E-state index contributed by atoms with van der Waals surface area (Å²) >= 11 is 0. The average Bonchev–Trinajstić information content (AvgIpc) is 2.94. The van der Waals surface area contributed by atoms with Gasteiger partial charge in [0.1, 0.15) is 6.04 Å². The summed E-state index contributed by atoms with van der Waals surface area (Å²) in [5.74, 6) is 0.464. The van der Waals surface area contributed by atoms with Crippen LogP contribution in [0.2, 0.25) is 0 Å². The monoisotopic (exact) mass is 267 g/mol. The summed E-state index contributed by atoms with van der Waals surface area (Å²) in [6.07, 6.45) is 5.86. The van der Waals surface area contributed by atoms with E-state index in [2.05, 4.69) is 5.32 Å². The van der Waals surface area contributed by atoms with E-state index in [0.29, 0.717) is 19.0 Å². The smallest absolute Gasteiger partial charge is 0.242 e. The summed E-state index contributed by atoms with van der Waals surface area (Å²) in [5, 5.41) is 2.68. The van der Waals surface area contributed by atoms with Crippen LogP contribution < -0.4 is 11.1 Å². The highest BCUT2D eigenvalue weighted by Crippen LogP contribution is 2.34. The summed E-state index contributed by atoms with van der Waals surface area (Å²) in [4.78, 5) is 26.4. The number of carbonyl (C=O) groups is 2. The van der Waals surface area contributed by atoms with Gasteiger partial charge in [0, 0.05) is 19.5 Å². The van der Waals surface area contributed by atoms with Gasteiger partial charge in [-0.05, 0) is 44.6 Å². The molecule has 1 unspecified atom stereocenters. The molecule has 0 aromatic carbocycles. The normalized spacial score (nSPS) is 31.3. The molecule has 0 aromatic rings. The Kier molecular flexibility index (Phi) is 4.80. The molecule has 19 heavy (non-hydrogen) atoms. The van der Waals surface area contributed by atoms with Gasteiger partial charge < -0.3 is 16.0 Å². The van der Waals surface area contributed by atoms with Crippen molar-refractivity contribution in [3.8, 4) is 0 Å². The van der Waals surface area contributed by atoms with E-state index < -0.39 is 0 Å². The molecular weight excluding hydrogens is 242 g/mol. The summed E-state index contributed by atoms with van der Waals surface area (Å²) in [7, 11) is 1.64. The number of likely N-dealkylation sites (N-methyl/N-ethyl adjacent to an activating group) is 1. The van der Waals surface area contributed by atoms with Gasteiger partial charge >= 0.3 is 0 Å². The van der Waals surface area contributed by atoms with Crippen molar-refractivity contribution in [2.24, 2.45) is 17.6 Å². The average molecular weight is 267 g/mol. The van der Waals surface area contributed by atoms with Gasteiger partial charge in [0.25, 0.3) is 0 Å². The summed E-state index contributed by atoms with van der Waals surface area (Å²) in [6.45, 7) is 1.29. The minimum atomic E-state index is -0.273. The lowest BCUT2D eigenvalue weighted by molar-refractivity contribution is -0.146. The van der Waals surface area contributed by atoms with Crippen LogP contribution in [0.25, 0.3) is 0 Å². The van der Waals surface area contributed by atoms with Gasteiger partial charge in [-0.25, -0.2) is 0 Å². The molecule has 0 spiro atoms. The van der Waals surface area contributed by atoms with Crippen molar-refractivity contribution in [3.05, 3.63) is 0 Å². The Morgan fingerprint density at radius 1 is 1.21 bits per heavy atom. The lowest BCUT2D eigenvalue weighted by atomic mass is 9.92. The number of likely N-dealkylation sites (tertiary alicyclic amines) is 1. The van der Waals surface area contributed by atoms with E-state index in [0.717, 1.165) is 38.5 Å². The molecule has 5 heteroatoms. The number of piperidine rings is 1. The molecule has 2 rings (SSSR count). The van der Waals surface area contributed by atoms with E-state index in [1.54, 1.807) is 11.9 Å². The van der Waals surface area contributed by atoms with Crippen molar-refractivity contribution in [2.75, 3.05) is 20.1 Å². The molecule has 3 N–H and O–H groups in total. The Morgan fingerprint density at radius 3 is 2.68 bits per heavy atom. The molecule has 108 valence electrons. The highest BCUT2D eigenvalue weighted by molar-refractivity contribution is 5.88. The second-order valence-corrected chi connectivity index (χ2v) is 5.69. The van der Waals surface area contributed by atoms with Crippen molar-refractivity contribution < 1.29 is 9.59 Å². The molecule has 3 atom stereocenters. The van der Waals surface area contributed by atoms with Crippen molar-refractivity contribution in [3.63, 3.8) is 0 Å². The van der Waals surface area contributed by atoms with Gasteiger partial charge in [-0.15, -0.1) is 0 Å². The fourth-order valence-electron chi connectivity index (χ4n) is 3.49. The fraction of sp³-hybridized carbons (Fsp3) is 0.857. The Hall–Kier alpha value is -1.10. The van der Waals surface area contributed by atoms with Crippen LogP contribution in [-0.4, -0.2) is 42.9 Å². The molecule has 1 aliphatic heterocycles. The van der Waals surface area contributed by atoms with E-state index >= 15 is 0 Å². The van der Waals surface area contributed by atoms with Gasteiger partial charge in [0.05, 0.1) is 0 Å². The maximum absolute atomic E-state index is 12.7. The highest BCUT2D eigenvalue weighted by atomic mass is 16.2. The van der Waals surface area contributed by atoms with Crippen molar-refractivity contribution in [1.82, 2.24) is 10.2 Å². The molecule has 0 radical (unpaired) electrons. The first-order valence-corrected chi connectivity index (χ1v) is 7.41. The van der Waals surface area contributed by atoms with Crippen molar-refractivity contribution >= 4 is 11.8 Å². The van der Waals surface area contributed by atoms with Crippen LogP contribution in [0.1, 0.15) is 38.5 Å². The zero-order chi connectivity index (χ0) is 13.8. The maximum atomic E-state index is 12.7. The standard InChI is InChI=1S/C14H25N3O2/c1-16-13(18)12-7-2-3-8-17(12)14(19)11-6-4-5-10(11)9-15/h10-12H,2-9,15H2,1H3,(H,16,18)/t10-,11-,12?/m1/s1. The SMILES string of the molecule is CNC(=O)C1CCCCN1C(=O)[C@@H]1CCC[C@@H]1CN. The molecule has 2 amide bonds. The number of nitrogens with one attached hydrogen (secondary N) is 1. The van der Waals surface area contributed by atoms with Gasteiger partial charge in [-0.3, -0.25) is 9.59 Å². The highest BCUT2D eigenvalue weighted by Gasteiger charge is 2.39. The first-order valence-electron chi connectivity index (χ1n) is 7.41. The predicted molar refractivity (Wildman–Crippen MR) is 73.3 cm³/mol. The second-order valence-electron chi connectivity index (χ2n) is 5.69. The Morgan fingerprint density at radius 2 is 2.00 bits per heavy atom. The quantitative estimate of drug-likeness (QED) is 0.781. The zero-order valence-corrected chi connectivity index (χ0v) is 11.7. The first kappa shape index (κ1) is 14.3. The predicted octanol–water partition coefficient (Wildman–Crippen LogP) is 0.489. The Bertz CT molecular complexity index is 346. The van der Waals surface area contributed by atoms with Crippen LogP contribution in [0.15, 0.2) is 0 Å². The third-order valence-electron chi connectivity index (χ3n) is 4.61. The van der Waals surface area contributed by atoms with Crippen LogP contribution >= 0.6 is 0 Å². The molecule has 0 bridgehead atoms. The summed E-state index contributed by atoms with van der Waals surface area (Å²) in [5.41, 5.74) is 5.76. The third kappa shape index (κ3) is 2.91. The number of rotatable bonds is 3. The minimum absolute atomic E-state index is 0.0321. The molecular formula is C14H25N3O2. The van der Waals surface area contributed by atoms with Crippen molar-refractivity contribution in [1.29, 1.82) is 0 Å². The topological polar surface area (TPSA) is 75.4 Å². The number of nitrogens with two attached hydrogens (primary N) is 1. The van der Waals surface area contributed by atoms with Gasteiger partial charge in [-0.2, -0.15) is 0 Å². The van der Waals surface area contributed by atoms with Gasteiger partial charge in [0.15, 0.2) is 0 Å². The molecule has 2 fully saturated rings. The number of amides is 2. The Balaban J connectivity index is 2.09. The molecule has 5 nitrogen and oxygen atoms in total. The van der Waals surface area contributed by atoms with Crippen LogP contribution in [0.5, 0.6) is 0 Å². The summed E-state index contributed by atoms with van der Waals surface area (Å²) < 4.78 is 0. The zero-order valence-electron chi connectivity index (χ0n) is 11.7. The lowest BCUT2D eigenvalue weighted by Crippen LogP contribution is -2.53. The largest absolute Gasteiger partial charge is 0.357 e. The molecule has 2 aliphatic rings. The first-order chi connectivity index (χ1) is 9.19. The number of hydrogen-bond donors (Lipinski definition) is 2. The van der Waals surface area contributed by atoms with Crippen LogP contribution in [-0.2, 0) is 9.59 Å². The summed E-state index contributed by atoms with van der Waals surface area (Å²) in [6, 6.07) is -0.273. The molecule has 0 aromatic heterocycles. The third-order valence-corrected chi connectivity index (χ3v) is 4.61. The van der Waals surface area contributed by atoms with Crippen molar-refractivity contribution in [2.45, 2.75) is 44.6 Å². The number of hydrogen-bond acceptors (Lipinski definition) is 3. The van der Waals surface area contributed by atoms with E-state index in [1.807, 2.05) is 0 Å². The van der Waals surface area contributed by atoms with Gasteiger partial charge in [-0.1, -0.05) is 6.42 Å².